The standard InChI is InChI=1S/C34H26N2O3S/c1-34(2)24-19-40-32-28(30(21-12-5-3-6-13-21)35-36(32)22-14-7-4-8-15-22)27(24)29-31(39-34)26-23-16-10-9-11-20(23)17-18-25(26)38-33(29)37/h3-18,24,27H,19H2,1-2H3/t24-,27-/m0/s1. The summed E-state index contributed by atoms with van der Waals surface area (Å²) in [7, 11) is 0. The average molecular weight is 543 g/mol. The zero-order chi connectivity index (χ0) is 27.0. The number of thioether (sulfide) groups is 1. The van der Waals surface area contributed by atoms with Gasteiger partial charge in [0.1, 0.15) is 22.0 Å². The van der Waals surface area contributed by atoms with E-state index in [1.807, 2.05) is 65.3 Å². The van der Waals surface area contributed by atoms with Crippen LogP contribution < -0.4 is 10.4 Å². The molecule has 196 valence electrons. The van der Waals surface area contributed by atoms with Crippen molar-refractivity contribution in [3.63, 3.8) is 0 Å². The van der Waals surface area contributed by atoms with Crippen molar-refractivity contribution < 1.29 is 9.15 Å². The SMILES string of the molecule is CC1(C)Oc2c(c(=O)oc3ccc4ccccc4c23)[C@@H]2c3c(-c4ccccc4)nn(-c4ccccc4)c3SC[C@@H]21. The van der Waals surface area contributed by atoms with E-state index in [0.717, 1.165) is 49.4 Å². The maximum absolute atomic E-state index is 13.9. The molecule has 2 aliphatic rings. The highest BCUT2D eigenvalue weighted by molar-refractivity contribution is 7.99. The van der Waals surface area contributed by atoms with Gasteiger partial charge in [-0.25, -0.2) is 9.48 Å². The summed E-state index contributed by atoms with van der Waals surface area (Å²) in [5.41, 5.74) is 4.26. The van der Waals surface area contributed by atoms with E-state index in [4.69, 9.17) is 14.3 Å². The number of aromatic nitrogens is 2. The Labute approximate surface area is 235 Å². The number of benzene rings is 4. The van der Waals surface area contributed by atoms with Crippen LogP contribution in [-0.4, -0.2) is 21.1 Å². The van der Waals surface area contributed by atoms with Crippen LogP contribution in [0.2, 0.25) is 0 Å². The van der Waals surface area contributed by atoms with Gasteiger partial charge in [-0.2, -0.15) is 5.10 Å². The van der Waals surface area contributed by atoms with Crippen molar-refractivity contribution in [1.29, 1.82) is 0 Å². The molecule has 6 aromatic rings. The third kappa shape index (κ3) is 3.35. The predicted octanol–water partition coefficient (Wildman–Crippen LogP) is 7.82. The van der Waals surface area contributed by atoms with Gasteiger partial charge in [0, 0.05) is 28.7 Å². The molecule has 2 aliphatic heterocycles. The fraction of sp³-hybridized carbons (Fsp3) is 0.176. The normalized spacial score (nSPS) is 19.1. The third-order valence-corrected chi connectivity index (χ3v) is 9.59. The molecule has 0 N–H and O–H groups in total. The quantitative estimate of drug-likeness (QED) is 0.165. The van der Waals surface area contributed by atoms with Crippen molar-refractivity contribution in [3.05, 3.63) is 119 Å². The van der Waals surface area contributed by atoms with E-state index in [1.165, 1.54) is 0 Å². The lowest BCUT2D eigenvalue weighted by molar-refractivity contribution is 0.0270. The highest BCUT2D eigenvalue weighted by Gasteiger charge is 2.51. The number of fused-ring (bicyclic) bond motifs is 9. The van der Waals surface area contributed by atoms with Gasteiger partial charge >= 0.3 is 5.63 Å². The topological polar surface area (TPSA) is 57.3 Å². The number of nitrogens with zero attached hydrogens (tertiary/aromatic N) is 2. The van der Waals surface area contributed by atoms with Gasteiger partial charge in [-0.15, -0.1) is 11.8 Å². The summed E-state index contributed by atoms with van der Waals surface area (Å²) < 4.78 is 15.0. The Kier molecular flexibility index (Phi) is 5.07. The Bertz CT molecular complexity index is 1990. The first kappa shape index (κ1) is 23.6. The van der Waals surface area contributed by atoms with Crippen molar-refractivity contribution in [2.24, 2.45) is 5.92 Å². The maximum atomic E-state index is 13.9. The molecule has 4 heterocycles. The smallest absolute Gasteiger partial charge is 0.343 e. The van der Waals surface area contributed by atoms with E-state index in [1.54, 1.807) is 11.8 Å². The molecule has 0 fully saturated rings. The van der Waals surface area contributed by atoms with Crippen molar-refractivity contribution in [1.82, 2.24) is 9.78 Å². The Morgan fingerprint density at radius 3 is 2.40 bits per heavy atom. The van der Waals surface area contributed by atoms with Crippen LogP contribution in [-0.2, 0) is 0 Å². The summed E-state index contributed by atoms with van der Waals surface area (Å²) >= 11 is 1.79. The van der Waals surface area contributed by atoms with E-state index in [2.05, 4.69) is 50.2 Å². The predicted molar refractivity (Wildman–Crippen MR) is 160 cm³/mol. The van der Waals surface area contributed by atoms with Crippen molar-refractivity contribution in [2.45, 2.75) is 30.4 Å². The first-order chi connectivity index (χ1) is 19.5. The minimum atomic E-state index is -0.525. The van der Waals surface area contributed by atoms with Crippen molar-refractivity contribution in [3.8, 4) is 22.7 Å². The van der Waals surface area contributed by atoms with E-state index in [9.17, 15) is 4.79 Å². The molecular weight excluding hydrogens is 516 g/mol. The largest absolute Gasteiger partial charge is 0.486 e. The lowest BCUT2D eigenvalue weighted by Crippen LogP contribution is -2.49. The summed E-state index contributed by atoms with van der Waals surface area (Å²) in [6.45, 7) is 4.29. The molecule has 0 spiro atoms. The maximum Gasteiger partial charge on any atom is 0.343 e. The van der Waals surface area contributed by atoms with Crippen molar-refractivity contribution in [2.75, 3.05) is 5.75 Å². The molecular formula is C34H26N2O3S. The number of hydrogen-bond donors (Lipinski definition) is 0. The number of ether oxygens (including phenoxy) is 1. The van der Waals surface area contributed by atoms with Gasteiger partial charge in [-0.05, 0) is 42.8 Å². The lowest BCUT2D eigenvalue weighted by atomic mass is 9.71. The molecule has 4 aromatic carbocycles. The summed E-state index contributed by atoms with van der Waals surface area (Å²) in [6, 6.07) is 32.6. The second-order valence-corrected chi connectivity index (χ2v) is 12.1. The number of hydrogen-bond acceptors (Lipinski definition) is 5. The minimum absolute atomic E-state index is 0.0451. The zero-order valence-corrected chi connectivity index (χ0v) is 22.9. The molecule has 0 radical (unpaired) electrons. The van der Waals surface area contributed by atoms with Gasteiger partial charge in [-0.3, -0.25) is 0 Å². The first-order valence-electron chi connectivity index (χ1n) is 13.6. The number of rotatable bonds is 2. The summed E-state index contributed by atoms with van der Waals surface area (Å²) in [4.78, 5) is 13.9. The zero-order valence-electron chi connectivity index (χ0n) is 22.1. The van der Waals surface area contributed by atoms with Crippen LogP contribution in [0.4, 0.5) is 0 Å². The van der Waals surface area contributed by atoms with Gasteiger partial charge in [0.15, 0.2) is 0 Å². The van der Waals surface area contributed by atoms with Crippen LogP contribution in [0.3, 0.4) is 0 Å². The fourth-order valence-corrected chi connectivity index (χ4v) is 8.05. The second kappa shape index (κ2) is 8.60. The van der Waals surface area contributed by atoms with E-state index in [-0.39, 0.29) is 17.5 Å². The van der Waals surface area contributed by atoms with E-state index in [0.29, 0.717) is 16.9 Å². The summed E-state index contributed by atoms with van der Waals surface area (Å²) in [5, 5.41) is 9.22. The minimum Gasteiger partial charge on any atom is -0.486 e. The Morgan fingerprint density at radius 1 is 0.875 bits per heavy atom. The molecule has 5 nitrogen and oxygen atoms in total. The average Bonchev–Trinajstić information content (AvgIpc) is 3.37. The van der Waals surface area contributed by atoms with Crippen LogP contribution in [0, 0.1) is 5.92 Å². The summed E-state index contributed by atoms with van der Waals surface area (Å²) in [5.74, 6) is 1.24. The molecule has 0 aliphatic carbocycles. The highest BCUT2D eigenvalue weighted by atomic mass is 32.2. The Balaban J connectivity index is 1.49. The Morgan fingerprint density at radius 2 is 1.60 bits per heavy atom. The molecule has 8 rings (SSSR count). The molecule has 0 unspecified atom stereocenters. The van der Waals surface area contributed by atoms with Crippen LogP contribution >= 0.6 is 11.8 Å². The Hall–Kier alpha value is -4.29. The summed E-state index contributed by atoms with van der Waals surface area (Å²) in [6.07, 6.45) is 0. The fourth-order valence-electron chi connectivity index (χ4n) is 6.47. The molecule has 0 saturated carbocycles. The molecule has 40 heavy (non-hydrogen) atoms. The monoisotopic (exact) mass is 542 g/mol. The number of para-hydroxylation sites is 1. The molecule has 2 atom stereocenters. The van der Waals surface area contributed by atoms with Crippen LogP contribution in [0.15, 0.2) is 111 Å². The molecule has 6 heteroatoms. The molecule has 0 bridgehead atoms. The van der Waals surface area contributed by atoms with Crippen LogP contribution in [0.25, 0.3) is 38.7 Å². The lowest BCUT2D eigenvalue weighted by Gasteiger charge is -2.46. The molecule has 0 saturated heterocycles. The van der Waals surface area contributed by atoms with Gasteiger partial charge in [-0.1, -0.05) is 78.9 Å². The van der Waals surface area contributed by atoms with Crippen molar-refractivity contribution >= 4 is 33.5 Å². The molecule has 0 amide bonds. The van der Waals surface area contributed by atoms with E-state index >= 15 is 0 Å². The molecule has 2 aromatic heterocycles. The van der Waals surface area contributed by atoms with Gasteiger partial charge in [0.25, 0.3) is 0 Å². The van der Waals surface area contributed by atoms with Crippen LogP contribution in [0.5, 0.6) is 5.75 Å². The first-order valence-corrected chi connectivity index (χ1v) is 14.5. The van der Waals surface area contributed by atoms with Gasteiger partial charge in [0.05, 0.1) is 22.3 Å². The second-order valence-electron chi connectivity index (χ2n) is 11.1. The van der Waals surface area contributed by atoms with Gasteiger partial charge in [0.2, 0.25) is 0 Å². The van der Waals surface area contributed by atoms with Crippen LogP contribution in [0.1, 0.15) is 30.9 Å². The van der Waals surface area contributed by atoms with Gasteiger partial charge < -0.3 is 9.15 Å². The third-order valence-electron chi connectivity index (χ3n) is 8.39. The van der Waals surface area contributed by atoms with E-state index < -0.39 is 5.60 Å². The highest BCUT2D eigenvalue weighted by Crippen LogP contribution is 2.57.